The lowest BCUT2D eigenvalue weighted by Gasteiger charge is -2.32. The van der Waals surface area contributed by atoms with Gasteiger partial charge in [0.25, 0.3) is 5.91 Å². The lowest BCUT2D eigenvalue weighted by atomic mass is 9.99. The maximum Gasteiger partial charge on any atom is 0.416 e. The van der Waals surface area contributed by atoms with Crippen molar-refractivity contribution in [2.75, 3.05) is 44.8 Å². The van der Waals surface area contributed by atoms with Crippen LogP contribution in [0.5, 0.6) is 0 Å². The molecule has 0 aliphatic carbocycles. The Hall–Kier alpha value is -3.96. The zero-order valence-corrected chi connectivity index (χ0v) is 22.1. The van der Waals surface area contributed by atoms with Crippen LogP contribution in [0.4, 0.5) is 18.9 Å². The Bertz CT molecular complexity index is 1400. The second-order valence-corrected chi connectivity index (χ2v) is 10.3. The Morgan fingerprint density at radius 2 is 1.80 bits per heavy atom. The number of primary amides is 1. The van der Waals surface area contributed by atoms with Crippen molar-refractivity contribution in [1.29, 1.82) is 0 Å². The van der Waals surface area contributed by atoms with Crippen LogP contribution in [0.3, 0.4) is 0 Å². The van der Waals surface area contributed by atoms with Gasteiger partial charge in [0.15, 0.2) is 0 Å². The molecule has 210 valence electrons. The molecule has 2 aliphatic rings. The number of alkyl halides is 3. The zero-order chi connectivity index (χ0) is 28.4. The summed E-state index contributed by atoms with van der Waals surface area (Å²) in [6, 6.07) is 11.9. The number of rotatable bonds is 7. The van der Waals surface area contributed by atoms with Crippen LogP contribution in [0.1, 0.15) is 49.0 Å². The highest BCUT2D eigenvalue weighted by atomic mass is 19.4. The van der Waals surface area contributed by atoms with Gasteiger partial charge in [0.2, 0.25) is 5.91 Å². The van der Waals surface area contributed by atoms with E-state index >= 15 is 0 Å². The minimum Gasteiger partial charge on any atom is -0.366 e. The molecule has 0 saturated carbocycles. The molecule has 1 unspecified atom stereocenters. The van der Waals surface area contributed by atoms with Gasteiger partial charge in [-0.25, -0.2) is 0 Å². The fourth-order valence-electron chi connectivity index (χ4n) is 5.24. The number of nitrogens with one attached hydrogen (secondary N) is 1. The highest BCUT2D eigenvalue weighted by Gasteiger charge is 2.35. The molecule has 3 heterocycles. The Labute approximate surface area is 230 Å². The number of aromatic nitrogens is 1. The number of hydrogen-bond acceptors (Lipinski definition) is 6. The number of benzene rings is 2. The van der Waals surface area contributed by atoms with Gasteiger partial charge in [-0.05, 0) is 60.5 Å². The number of anilines is 1. The molecule has 2 aliphatic heterocycles. The maximum atomic E-state index is 13.5. The quantitative estimate of drug-likeness (QED) is 0.467. The summed E-state index contributed by atoms with van der Waals surface area (Å²) >= 11 is 0. The van der Waals surface area contributed by atoms with Crippen molar-refractivity contribution in [3.63, 3.8) is 0 Å². The standard InChI is InChI=1S/C29H31F3N6O2/c1-36-7-9-37(10-8-36)18-35-28(40)22-6-5-21-13-25(20-3-2-4-24(12-20)29(30,31)32)38(26(21)14-22)17-19-11-23(27(33)39)16-34-15-19/h2-6,11-12,14-16,25H,7-10,13,17-18H2,1H3,(H2,33,39)(H,35,40). The number of halogens is 3. The Morgan fingerprint density at radius 1 is 1.02 bits per heavy atom. The average Bonchev–Trinajstić information content (AvgIpc) is 3.29. The summed E-state index contributed by atoms with van der Waals surface area (Å²) in [4.78, 5) is 35.3. The molecule has 1 saturated heterocycles. The van der Waals surface area contributed by atoms with E-state index in [2.05, 4.69) is 27.1 Å². The molecular weight excluding hydrogens is 521 g/mol. The van der Waals surface area contributed by atoms with Crippen LogP contribution in [0.2, 0.25) is 0 Å². The van der Waals surface area contributed by atoms with Crippen molar-refractivity contribution >= 4 is 17.5 Å². The van der Waals surface area contributed by atoms with Crippen LogP contribution >= 0.6 is 0 Å². The van der Waals surface area contributed by atoms with E-state index in [0.29, 0.717) is 29.8 Å². The summed E-state index contributed by atoms with van der Waals surface area (Å²) in [5, 5.41) is 2.99. The average molecular weight is 553 g/mol. The first kappa shape index (κ1) is 27.6. The third-order valence-electron chi connectivity index (χ3n) is 7.54. The smallest absolute Gasteiger partial charge is 0.366 e. The van der Waals surface area contributed by atoms with Crippen molar-refractivity contribution in [1.82, 2.24) is 20.1 Å². The lowest BCUT2D eigenvalue weighted by molar-refractivity contribution is -0.137. The molecule has 40 heavy (non-hydrogen) atoms. The molecule has 0 bridgehead atoms. The van der Waals surface area contributed by atoms with Crippen molar-refractivity contribution in [2.24, 2.45) is 5.73 Å². The van der Waals surface area contributed by atoms with Gasteiger partial charge in [0.05, 0.1) is 23.8 Å². The monoisotopic (exact) mass is 552 g/mol. The van der Waals surface area contributed by atoms with Crippen LogP contribution in [-0.2, 0) is 19.1 Å². The Kier molecular flexibility index (Phi) is 7.77. The second kappa shape index (κ2) is 11.3. The number of nitrogens with two attached hydrogens (primary N) is 1. The normalized spacial score (nSPS) is 18.0. The largest absolute Gasteiger partial charge is 0.416 e. The number of likely N-dealkylation sites (N-methyl/N-ethyl adjacent to an activating group) is 1. The Balaban J connectivity index is 1.44. The molecule has 11 heteroatoms. The van der Waals surface area contributed by atoms with Gasteiger partial charge in [-0.1, -0.05) is 18.2 Å². The number of piperazine rings is 1. The van der Waals surface area contributed by atoms with Crippen molar-refractivity contribution in [3.05, 3.63) is 94.3 Å². The van der Waals surface area contributed by atoms with E-state index in [0.717, 1.165) is 43.5 Å². The molecule has 5 rings (SSSR count). The summed E-state index contributed by atoms with van der Waals surface area (Å²) in [5.41, 5.74) is 8.26. The summed E-state index contributed by atoms with van der Waals surface area (Å²) in [6.45, 7) is 4.30. The van der Waals surface area contributed by atoms with Gasteiger partial charge in [-0.15, -0.1) is 0 Å². The summed E-state index contributed by atoms with van der Waals surface area (Å²) in [6.07, 6.45) is -1.04. The first-order valence-electron chi connectivity index (χ1n) is 13.1. The first-order valence-corrected chi connectivity index (χ1v) is 13.1. The van der Waals surface area contributed by atoms with Gasteiger partial charge in [-0.2, -0.15) is 13.2 Å². The molecule has 0 spiro atoms. The van der Waals surface area contributed by atoms with Gasteiger partial charge in [-0.3, -0.25) is 19.5 Å². The van der Waals surface area contributed by atoms with Crippen molar-refractivity contribution in [3.8, 4) is 0 Å². The SMILES string of the molecule is CN1CCN(CNC(=O)c2ccc3c(c2)N(Cc2cncc(C(N)=O)c2)C(c2cccc(C(F)(F)F)c2)C3)CC1. The molecule has 8 nitrogen and oxygen atoms in total. The molecule has 1 aromatic heterocycles. The number of fused-ring (bicyclic) bond motifs is 1. The number of pyridine rings is 1. The predicted molar refractivity (Wildman–Crippen MR) is 145 cm³/mol. The lowest BCUT2D eigenvalue weighted by Crippen LogP contribution is -2.48. The maximum absolute atomic E-state index is 13.5. The van der Waals surface area contributed by atoms with Crippen LogP contribution in [-0.4, -0.2) is 66.5 Å². The molecule has 2 aromatic carbocycles. The minimum atomic E-state index is -4.47. The van der Waals surface area contributed by atoms with Crippen LogP contribution < -0.4 is 16.0 Å². The van der Waals surface area contributed by atoms with E-state index in [4.69, 9.17) is 5.73 Å². The minimum absolute atomic E-state index is 0.221. The zero-order valence-electron chi connectivity index (χ0n) is 22.1. The van der Waals surface area contributed by atoms with E-state index in [9.17, 15) is 22.8 Å². The molecule has 3 N–H and O–H groups in total. The van der Waals surface area contributed by atoms with Crippen LogP contribution in [0, 0.1) is 0 Å². The fourth-order valence-corrected chi connectivity index (χ4v) is 5.24. The van der Waals surface area contributed by atoms with E-state index in [1.807, 2.05) is 11.0 Å². The number of hydrogen-bond donors (Lipinski definition) is 2. The summed E-state index contributed by atoms with van der Waals surface area (Å²) in [5.74, 6) is -0.841. The predicted octanol–water partition coefficient (Wildman–Crippen LogP) is 3.44. The van der Waals surface area contributed by atoms with E-state index in [1.165, 1.54) is 18.3 Å². The highest BCUT2D eigenvalue weighted by Crippen LogP contribution is 2.43. The molecule has 1 atom stereocenters. The Morgan fingerprint density at radius 3 is 2.52 bits per heavy atom. The molecular formula is C29H31F3N6O2. The van der Waals surface area contributed by atoms with E-state index in [1.54, 1.807) is 30.5 Å². The molecule has 0 radical (unpaired) electrons. The number of carbonyl (C=O) groups excluding carboxylic acids is 2. The van der Waals surface area contributed by atoms with Gasteiger partial charge in [0.1, 0.15) is 0 Å². The third kappa shape index (κ3) is 6.10. The second-order valence-electron chi connectivity index (χ2n) is 10.3. The number of nitrogens with zero attached hydrogens (tertiary/aromatic N) is 4. The first-order chi connectivity index (χ1) is 19.1. The molecule has 1 fully saturated rings. The van der Waals surface area contributed by atoms with Gasteiger partial charge in [0, 0.05) is 56.4 Å². The van der Waals surface area contributed by atoms with Crippen molar-refractivity contribution in [2.45, 2.75) is 25.2 Å². The third-order valence-corrected chi connectivity index (χ3v) is 7.54. The number of carbonyl (C=O) groups is 2. The summed E-state index contributed by atoms with van der Waals surface area (Å²) in [7, 11) is 2.07. The van der Waals surface area contributed by atoms with Crippen LogP contribution in [0.25, 0.3) is 0 Å². The molecule has 2 amide bonds. The topological polar surface area (TPSA) is 94.8 Å². The van der Waals surface area contributed by atoms with Gasteiger partial charge >= 0.3 is 6.18 Å². The highest BCUT2D eigenvalue weighted by molar-refractivity contribution is 5.95. The summed E-state index contributed by atoms with van der Waals surface area (Å²) < 4.78 is 40.6. The van der Waals surface area contributed by atoms with E-state index in [-0.39, 0.29) is 18.0 Å². The molecule has 3 aromatic rings. The van der Waals surface area contributed by atoms with E-state index < -0.39 is 23.7 Å². The van der Waals surface area contributed by atoms with Gasteiger partial charge < -0.3 is 20.9 Å². The van der Waals surface area contributed by atoms with Crippen LogP contribution in [0.15, 0.2) is 60.9 Å². The number of amides is 2. The van der Waals surface area contributed by atoms with Crippen molar-refractivity contribution < 1.29 is 22.8 Å². The fraction of sp³-hybridized carbons (Fsp3) is 0.345.